The molecule has 0 saturated carbocycles. The SMILES string of the molecule is NCC1CCN(C2COCc3ccccc32)CC1. The summed E-state index contributed by atoms with van der Waals surface area (Å²) in [5.41, 5.74) is 8.58. The van der Waals surface area contributed by atoms with E-state index in [1.165, 1.54) is 24.0 Å². The summed E-state index contributed by atoms with van der Waals surface area (Å²) in [7, 11) is 0. The fourth-order valence-electron chi connectivity index (χ4n) is 3.16. The molecule has 0 aromatic heterocycles. The highest BCUT2D eigenvalue weighted by Crippen LogP contribution is 2.32. The van der Waals surface area contributed by atoms with Gasteiger partial charge in [0.2, 0.25) is 0 Å². The lowest BCUT2D eigenvalue weighted by Gasteiger charge is -2.39. The average Bonchev–Trinajstić information content (AvgIpc) is 2.47. The van der Waals surface area contributed by atoms with Gasteiger partial charge >= 0.3 is 0 Å². The van der Waals surface area contributed by atoms with Crippen molar-refractivity contribution >= 4 is 0 Å². The number of hydrogen-bond donors (Lipinski definition) is 1. The Hall–Kier alpha value is -0.900. The van der Waals surface area contributed by atoms with Gasteiger partial charge in [-0.3, -0.25) is 4.90 Å². The Balaban J connectivity index is 1.74. The normalized spacial score (nSPS) is 25.9. The van der Waals surface area contributed by atoms with Crippen molar-refractivity contribution in [3.8, 4) is 0 Å². The molecule has 0 radical (unpaired) electrons. The molecule has 2 aliphatic rings. The average molecular weight is 246 g/mol. The third kappa shape index (κ3) is 2.30. The fraction of sp³-hybridized carbons (Fsp3) is 0.600. The predicted molar refractivity (Wildman–Crippen MR) is 72.2 cm³/mol. The number of nitrogens with zero attached hydrogens (tertiary/aromatic N) is 1. The molecule has 0 amide bonds. The lowest BCUT2D eigenvalue weighted by atomic mass is 9.92. The molecule has 0 bridgehead atoms. The molecule has 2 aliphatic heterocycles. The molecule has 1 atom stereocenters. The van der Waals surface area contributed by atoms with Crippen molar-refractivity contribution < 1.29 is 4.74 Å². The molecule has 1 aromatic rings. The van der Waals surface area contributed by atoms with Gasteiger partial charge in [-0.15, -0.1) is 0 Å². The molecular formula is C15H22N2O. The maximum absolute atomic E-state index is 5.76. The van der Waals surface area contributed by atoms with E-state index in [-0.39, 0.29) is 0 Å². The van der Waals surface area contributed by atoms with Crippen LogP contribution in [0.4, 0.5) is 0 Å². The quantitative estimate of drug-likeness (QED) is 0.866. The Morgan fingerprint density at radius 2 is 2.00 bits per heavy atom. The zero-order chi connectivity index (χ0) is 12.4. The van der Waals surface area contributed by atoms with Gasteiger partial charge in [-0.25, -0.2) is 0 Å². The summed E-state index contributed by atoms with van der Waals surface area (Å²) >= 11 is 0. The van der Waals surface area contributed by atoms with Crippen LogP contribution in [0.3, 0.4) is 0 Å². The van der Waals surface area contributed by atoms with Crippen LogP contribution in [0.5, 0.6) is 0 Å². The molecule has 3 rings (SSSR count). The largest absolute Gasteiger partial charge is 0.375 e. The van der Waals surface area contributed by atoms with Crippen LogP contribution < -0.4 is 5.73 Å². The van der Waals surface area contributed by atoms with Crippen molar-refractivity contribution in [1.29, 1.82) is 0 Å². The Morgan fingerprint density at radius 1 is 1.22 bits per heavy atom. The number of ether oxygens (including phenoxy) is 1. The summed E-state index contributed by atoms with van der Waals surface area (Å²) in [4.78, 5) is 2.57. The Kier molecular flexibility index (Phi) is 3.64. The minimum Gasteiger partial charge on any atom is -0.375 e. The lowest BCUT2D eigenvalue weighted by Crippen LogP contribution is -2.41. The van der Waals surface area contributed by atoms with E-state index in [1.807, 2.05) is 0 Å². The summed E-state index contributed by atoms with van der Waals surface area (Å²) in [5, 5.41) is 0. The van der Waals surface area contributed by atoms with E-state index in [0.717, 1.165) is 38.8 Å². The first-order chi connectivity index (χ1) is 8.88. The zero-order valence-corrected chi connectivity index (χ0v) is 10.8. The maximum atomic E-state index is 5.76. The van der Waals surface area contributed by atoms with Crippen LogP contribution in [0.25, 0.3) is 0 Å². The van der Waals surface area contributed by atoms with Crippen molar-refractivity contribution in [1.82, 2.24) is 4.90 Å². The van der Waals surface area contributed by atoms with Gasteiger partial charge in [0.05, 0.1) is 19.3 Å². The van der Waals surface area contributed by atoms with Gasteiger partial charge in [0, 0.05) is 0 Å². The Morgan fingerprint density at radius 3 is 2.78 bits per heavy atom. The van der Waals surface area contributed by atoms with E-state index >= 15 is 0 Å². The molecule has 3 heteroatoms. The first-order valence-corrected chi connectivity index (χ1v) is 6.98. The number of fused-ring (bicyclic) bond motifs is 1. The van der Waals surface area contributed by atoms with Gasteiger partial charge in [-0.1, -0.05) is 24.3 Å². The molecule has 0 aliphatic carbocycles. The minimum atomic E-state index is 0.452. The van der Waals surface area contributed by atoms with Crippen molar-refractivity contribution in [2.75, 3.05) is 26.2 Å². The van der Waals surface area contributed by atoms with Crippen LogP contribution in [0, 0.1) is 5.92 Å². The predicted octanol–water partition coefficient (Wildman–Crippen LogP) is 1.93. The Labute approximate surface area is 109 Å². The van der Waals surface area contributed by atoms with E-state index in [4.69, 9.17) is 10.5 Å². The topological polar surface area (TPSA) is 38.5 Å². The van der Waals surface area contributed by atoms with Gasteiger partial charge in [0.25, 0.3) is 0 Å². The number of nitrogens with two attached hydrogens (primary N) is 1. The summed E-state index contributed by atoms with van der Waals surface area (Å²) < 4.78 is 5.75. The van der Waals surface area contributed by atoms with Crippen LogP contribution in [-0.2, 0) is 11.3 Å². The molecule has 2 N–H and O–H groups in total. The van der Waals surface area contributed by atoms with E-state index < -0.39 is 0 Å². The van der Waals surface area contributed by atoms with E-state index in [0.29, 0.717) is 6.04 Å². The molecular weight excluding hydrogens is 224 g/mol. The van der Waals surface area contributed by atoms with Gasteiger partial charge in [-0.05, 0) is 49.5 Å². The van der Waals surface area contributed by atoms with Crippen molar-refractivity contribution in [3.63, 3.8) is 0 Å². The van der Waals surface area contributed by atoms with Crippen molar-refractivity contribution in [2.24, 2.45) is 11.7 Å². The van der Waals surface area contributed by atoms with E-state index in [1.54, 1.807) is 0 Å². The first-order valence-electron chi connectivity index (χ1n) is 6.98. The first kappa shape index (κ1) is 12.2. The van der Waals surface area contributed by atoms with Gasteiger partial charge in [0.15, 0.2) is 0 Å². The van der Waals surface area contributed by atoms with E-state index in [9.17, 15) is 0 Å². The van der Waals surface area contributed by atoms with Crippen LogP contribution in [0.1, 0.15) is 30.0 Å². The summed E-state index contributed by atoms with van der Waals surface area (Å²) in [5.74, 6) is 0.723. The van der Waals surface area contributed by atoms with E-state index in [2.05, 4.69) is 29.2 Å². The van der Waals surface area contributed by atoms with Crippen LogP contribution in [0.2, 0.25) is 0 Å². The minimum absolute atomic E-state index is 0.452. The number of benzene rings is 1. The highest BCUT2D eigenvalue weighted by Gasteiger charge is 2.29. The lowest BCUT2D eigenvalue weighted by molar-refractivity contribution is 0.0188. The molecule has 3 nitrogen and oxygen atoms in total. The van der Waals surface area contributed by atoms with Gasteiger partial charge in [0.1, 0.15) is 0 Å². The molecule has 1 saturated heterocycles. The number of rotatable bonds is 2. The third-order valence-electron chi connectivity index (χ3n) is 4.37. The Bertz CT molecular complexity index is 399. The molecule has 1 fully saturated rings. The van der Waals surface area contributed by atoms with Gasteiger partial charge in [-0.2, -0.15) is 0 Å². The summed E-state index contributed by atoms with van der Waals surface area (Å²) in [6.07, 6.45) is 2.46. The van der Waals surface area contributed by atoms with Crippen LogP contribution >= 0.6 is 0 Å². The third-order valence-corrected chi connectivity index (χ3v) is 4.37. The van der Waals surface area contributed by atoms with Crippen LogP contribution in [0.15, 0.2) is 24.3 Å². The molecule has 1 aromatic carbocycles. The van der Waals surface area contributed by atoms with Crippen molar-refractivity contribution in [3.05, 3.63) is 35.4 Å². The second kappa shape index (κ2) is 5.39. The van der Waals surface area contributed by atoms with Crippen LogP contribution in [-0.4, -0.2) is 31.1 Å². The zero-order valence-electron chi connectivity index (χ0n) is 10.8. The highest BCUT2D eigenvalue weighted by atomic mass is 16.5. The van der Waals surface area contributed by atoms with Crippen molar-refractivity contribution in [2.45, 2.75) is 25.5 Å². The fourth-order valence-corrected chi connectivity index (χ4v) is 3.16. The molecule has 0 spiro atoms. The summed E-state index contributed by atoms with van der Waals surface area (Å²) in [6.45, 7) is 4.76. The second-order valence-electron chi connectivity index (χ2n) is 5.44. The molecule has 1 unspecified atom stereocenters. The number of piperidine rings is 1. The molecule has 2 heterocycles. The molecule has 98 valence electrons. The monoisotopic (exact) mass is 246 g/mol. The highest BCUT2D eigenvalue weighted by molar-refractivity contribution is 5.31. The smallest absolute Gasteiger partial charge is 0.0721 e. The van der Waals surface area contributed by atoms with Gasteiger partial charge < -0.3 is 10.5 Å². The number of hydrogen-bond acceptors (Lipinski definition) is 3. The summed E-state index contributed by atoms with van der Waals surface area (Å²) in [6, 6.07) is 9.15. The number of likely N-dealkylation sites (tertiary alicyclic amines) is 1. The standard InChI is InChI=1S/C15H22N2O/c16-9-12-5-7-17(8-6-12)15-11-18-10-13-3-1-2-4-14(13)15/h1-4,12,15H,5-11,16H2. The molecule has 18 heavy (non-hydrogen) atoms. The second-order valence-corrected chi connectivity index (χ2v) is 5.44. The maximum Gasteiger partial charge on any atom is 0.0721 e.